The van der Waals surface area contributed by atoms with Crippen LogP contribution in [-0.4, -0.2) is 52.1 Å². The summed E-state index contributed by atoms with van der Waals surface area (Å²) in [6.45, 7) is 0.236. The molecule has 1 N–H and O–H groups in total. The van der Waals surface area contributed by atoms with Crippen LogP contribution in [0, 0.1) is 0 Å². The maximum Gasteiger partial charge on any atom is 0.418 e. The second kappa shape index (κ2) is 7.75. The third kappa shape index (κ3) is 3.52. The van der Waals surface area contributed by atoms with Gasteiger partial charge < -0.3 is 14.3 Å². The predicted molar refractivity (Wildman–Crippen MR) is 113 cm³/mol. The summed E-state index contributed by atoms with van der Waals surface area (Å²) in [5, 5.41) is 12.2. The average Bonchev–Trinajstić information content (AvgIpc) is 3.61. The van der Waals surface area contributed by atoms with Crippen LogP contribution in [0.4, 0.5) is 13.2 Å². The first kappa shape index (κ1) is 21.0. The highest BCUT2D eigenvalue weighted by atomic mass is 19.4. The molecule has 1 aliphatic rings. The van der Waals surface area contributed by atoms with Crippen molar-refractivity contribution >= 4 is 11.4 Å². The Balaban J connectivity index is 1.42. The van der Waals surface area contributed by atoms with Gasteiger partial charge in [0.2, 0.25) is 0 Å². The van der Waals surface area contributed by atoms with Gasteiger partial charge in [0.05, 0.1) is 28.8 Å². The molecule has 176 valence electrons. The molecule has 0 radical (unpaired) electrons. The maximum absolute atomic E-state index is 13.6. The highest BCUT2D eigenvalue weighted by Crippen LogP contribution is 2.37. The van der Waals surface area contributed by atoms with Gasteiger partial charge in [-0.2, -0.15) is 18.3 Å². The molecule has 0 spiro atoms. The van der Waals surface area contributed by atoms with Crippen LogP contribution < -0.4 is 0 Å². The Kier molecular flexibility index (Phi) is 4.65. The number of halogens is 3. The molecule has 0 aliphatic carbocycles. The molecule has 1 unspecified atom stereocenters. The van der Waals surface area contributed by atoms with Crippen molar-refractivity contribution in [3.63, 3.8) is 0 Å². The standard InChI is InChI=1S/C22H15F3N8O2/c23-22(24,25)12-4-3-8-33-16(12)10-15(31-33)18-17-13(27-11-28-17)6-9-32(18)21(34)20-30-29-19(35-20)14-5-1-2-7-26-14/h1-5,7-8,10-11,18H,6,9H2,(H,27,28). The van der Waals surface area contributed by atoms with Gasteiger partial charge in [-0.05, 0) is 30.3 Å². The fourth-order valence-electron chi connectivity index (χ4n) is 4.23. The van der Waals surface area contributed by atoms with Gasteiger partial charge in [-0.15, -0.1) is 10.2 Å². The van der Waals surface area contributed by atoms with E-state index in [0.717, 1.165) is 16.3 Å². The van der Waals surface area contributed by atoms with E-state index in [1.54, 1.807) is 24.4 Å². The highest BCUT2D eigenvalue weighted by Gasteiger charge is 2.39. The predicted octanol–water partition coefficient (Wildman–Crippen LogP) is 3.31. The van der Waals surface area contributed by atoms with Crippen LogP contribution in [0.2, 0.25) is 0 Å². The number of pyridine rings is 2. The topological polar surface area (TPSA) is 118 Å². The van der Waals surface area contributed by atoms with E-state index in [4.69, 9.17) is 4.42 Å². The SMILES string of the molecule is O=C(c1nnc(-c2ccccn2)o1)N1CCc2[nH]cnc2C1c1cc2c(C(F)(F)F)cccn2n1. The van der Waals surface area contributed by atoms with E-state index >= 15 is 0 Å². The number of carbonyl (C=O) groups is 1. The van der Waals surface area contributed by atoms with E-state index < -0.39 is 23.7 Å². The summed E-state index contributed by atoms with van der Waals surface area (Å²) < 4.78 is 47.4. The summed E-state index contributed by atoms with van der Waals surface area (Å²) in [5.74, 6) is -0.786. The van der Waals surface area contributed by atoms with Gasteiger partial charge >= 0.3 is 18.0 Å². The molecule has 1 amide bonds. The molecule has 0 fully saturated rings. The number of alkyl halides is 3. The number of hydrogen-bond donors (Lipinski definition) is 1. The van der Waals surface area contributed by atoms with Crippen LogP contribution in [0.1, 0.15) is 39.4 Å². The lowest BCUT2D eigenvalue weighted by atomic mass is 9.99. The molecule has 35 heavy (non-hydrogen) atoms. The molecule has 0 aromatic carbocycles. The Morgan fingerprint density at radius 1 is 1.14 bits per heavy atom. The zero-order chi connectivity index (χ0) is 24.2. The summed E-state index contributed by atoms with van der Waals surface area (Å²) in [4.78, 5) is 26.4. The number of hydrogen-bond acceptors (Lipinski definition) is 7. The van der Waals surface area contributed by atoms with E-state index in [1.807, 2.05) is 0 Å². The highest BCUT2D eigenvalue weighted by molar-refractivity contribution is 5.90. The Bertz CT molecular complexity index is 1540. The quantitative estimate of drug-likeness (QED) is 0.421. The summed E-state index contributed by atoms with van der Waals surface area (Å²) >= 11 is 0. The van der Waals surface area contributed by atoms with E-state index in [-0.39, 0.29) is 29.5 Å². The van der Waals surface area contributed by atoms with Crippen LogP contribution >= 0.6 is 0 Å². The number of carbonyl (C=O) groups excluding carboxylic acids is 1. The van der Waals surface area contributed by atoms with Crippen LogP contribution in [-0.2, 0) is 12.6 Å². The molecular formula is C22H15F3N8O2. The number of fused-ring (bicyclic) bond motifs is 2. The maximum atomic E-state index is 13.6. The molecule has 0 bridgehead atoms. The van der Waals surface area contributed by atoms with Gasteiger partial charge in [0, 0.05) is 31.1 Å². The number of aromatic amines is 1. The van der Waals surface area contributed by atoms with E-state index in [1.165, 1.54) is 29.6 Å². The van der Waals surface area contributed by atoms with Gasteiger partial charge in [0.25, 0.3) is 5.89 Å². The van der Waals surface area contributed by atoms with E-state index in [9.17, 15) is 18.0 Å². The first-order valence-corrected chi connectivity index (χ1v) is 10.5. The number of imidazole rings is 1. The van der Waals surface area contributed by atoms with Gasteiger partial charge in [0.1, 0.15) is 11.7 Å². The lowest BCUT2D eigenvalue weighted by Crippen LogP contribution is -2.41. The molecule has 0 saturated heterocycles. The third-order valence-corrected chi connectivity index (χ3v) is 5.78. The number of nitrogens with zero attached hydrogens (tertiary/aromatic N) is 7. The molecule has 5 aromatic rings. The van der Waals surface area contributed by atoms with E-state index in [0.29, 0.717) is 17.8 Å². The molecule has 1 atom stereocenters. The molecule has 6 rings (SSSR count). The van der Waals surface area contributed by atoms with Gasteiger partial charge in [0.15, 0.2) is 0 Å². The second-order valence-electron chi connectivity index (χ2n) is 7.86. The number of nitrogens with one attached hydrogen (secondary N) is 1. The Labute approximate surface area is 194 Å². The van der Waals surface area contributed by atoms with E-state index in [2.05, 4.69) is 30.2 Å². The summed E-state index contributed by atoms with van der Waals surface area (Å²) in [7, 11) is 0. The lowest BCUT2D eigenvalue weighted by Gasteiger charge is -2.32. The third-order valence-electron chi connectivity index (χ3n) is 5.78. The first-order valence-electron chi connectivity index (χ1n) is 10.5. The van der Waals surface area contributed by atoms with Gasteiger partial charge in [-0.1, -0.05) is 6.07 Å². The van der Waals surface area contributed by atoms with Crippen molar-refractivity contribution in [3.05, 3.63) is 83.7 Å². The van der Waals surface area contributed by atoms with Crippen LogP contribution in [0.25, 0.3) is 17.1 Å². The number of aromatic nitrogens is 7. The fraction of sp³-hybridized carbons (Fsp3) is 0.182. The van der Waals surface area contributed by atoms with Crippen molar-refractivity contribution in [2.45, 2.75) is 18.6 Å². The Hall–Kier alpha value is -4.55. The molecule has 1 aliphatic heterocycles. The van der Waals surface area contributed by atoms with Crippen LogP contribution in [0.5, 0.6) is 0 Å². The molecule has 10 nitrogen and oxygen atoms in total. The minimum Gasteiger partial charge on any atom is -0.411 e. The Morgan fingerprint density at radius 2 is 2.03 bits per heavy atom. The minimum atomic E-state index is -4.56. The minimum absolute atomic E-state index is 0.0746. The van der Waals surface area contributed by atoms with Crippen LogP contribution in [0.3, 0.4) is 0 Å². The molecule has 13 heteroatoms. The second-order valence-corrected chi connectivity index (χ2v) is 7.86. The number of rotatable bonds is 3. The van der Waals surface area contributed by atoms with Crippen LogP contribution in [0.15, 0.2) is 59.5 Å². The largest absolute Gasteiger partial charge is 0.418 e. The van der Waals surface area contributed by atoms with Crippen molar-refractivity contribution in [1.82, 2.24) is 39.7 Å². The smallest absolute Gasteiger partial charge is 0.411 e. The van der Waals surface area contributed by atoms with Crippen molar-refractivity contribution < 1.29 is 22.4 Å². The van der Waals surface area contributed by atoms with Gasteiger partial charge in [-0.3, -0.25) is 9.78 Å². The number of H-pyrrole nitrogens is 1. The summed E-state index contributed by atoms with van der Waals surface area (Å²) in [6.07, 6.45) is 0.352. The van der Waals surface area contributed by atoms with Crippen molar-refractivity contribution in [2.24, 2.45) is 0 Å². The Morgan fingerprint density at radius 3 is 2.83 bits per heavy atom. The molecule has 5 aromatic heterocycles. The molecule has 6 heterocycles. The zero-order valence-corrected chi connectivity index (χ0v) is 17.8. The fourth-order valence-corrected chi connectivity index (χ4v) is 4.23. The average molecular weight is 480 g/mol. The zero-order valence-electron chi connectivity index (χ0n) is 17.8. The summed E-state index contributed by atoms with van der Waals surface area (Å²) in [6, 6.07) is 7.86. The monoisotopic (exact) mass is 480 g/mol. The first-order chi connectivity index (χ1) is 16.9. The number of amides is 1. The molecular weight excluding hydrogens is 465 g/mol. The summed E-state index contributed by atoms with van der Waals surface area (Å²) in [5.41, 5.74) is 0.946. The lowest BCUT2D eigenvalue weighted by molar-refractivity contribution is -0.136. The van der Waals surface area contributed by atoms with Crippen molar-refractivity contribution in [2.75, 3.05) is 6.54 Å². The van der Waals surface area contributed by atoms with Crippen molar-refractivity contribution in [1.29, 1.82) is 0 Å². The van der Waals surface area contributed by atoms with Crippen molar-refractivity contribution in [3.8, 4) is 11.6 Å². The van der Waals surface area contributed by atoms with Gasteiger partial charge in [-0.25, -0.2) is 9.50 Å². The molecule has 0 saturated carbocycles. The normalized spacial score (nSPS) is 16.0.